The number of ketones is 1. The molecule has 0 atom stereocenters. The zero-order valence-electron chi connectivity index (χ0n) is 9.60. The summed E-state index contributed by atoms with van der Waals surface area (Å²) in [6, 6.07) is 9.86. The van der Waals surface area contributed by atoms with E-state index in [0.29, 0.717) is 6.42 Å². The van der Waals surface area contributed by atoms with Crippen LogP contribution in [0.2, 0.25) is 0 Å². The zero-order chi connectivity index (χ0) is 11.1. The Balaban J connectivity index is 0. The number of benzene rings is 1. The van der Waals surface area contributed by atoms with E-state index in [-0.39, 0.29) is 18.4 Å². The quantitative estimate of drug-likeness (QED) is 0.218. The third kappa shape index (κ3) is 6.73. The predicted octanol–water partition coefficient (Wildman–Crippen LogP) is 2.53. The van der Waals surface area contributed by atoms with Crippen LogP contribution in [-0.4, -0.2) is 16.7 Å². The number of amidine groups is 1. The van der Waals surface area contributed by atoms with E-state index in [1.54, 1.807) is 24.3 Å². The number of Topliss-reactive ketones (excluding diaryl/α,β-unsaturated/α-hetero) is 1. The van der Waals surface area contributed by atoms with Crippen molar-refractivity contribution in [1.82, 2.24) is 0 Å². The van der Waals surface area contributed by atoms with Crippen LogP contribution in [0.1, 0.15) is 23.2 Å². The summed E-state index contributed by atoms with van der Waals surface area (Å²) < 4.78 is 0. The Morgan fingerprint density at radius 3 is 2.53 bits per heavy atom. The van der Waals surface area contributed by atoms with Crippen LogP contribution >= 0.6 is 11.8 Å². The Bertz CT molecular complexity index is 344. The Kier molecular flexibility index (Phi) is 9.03. The summed E-state index contributed by atoms with van der Waals surface area (Å²) in [5.74, 6) is 0.855. The summed E-state index contributed by atoms with van der Waals surface area (Å²) in [7, 11) is 0. The number of thioether (sulfide) groups is 1. The van der Waals surface area contributed by atoms with E-state index in [1.807, 2.05) is 0 Å². The van der Waals surface area contributed by atoms with Crippen molar-refractivity contribution in [2.24, 2.45) is 5.73 Å². The van der Waals surface area contributed by atoms with E-state index >= 15 is 0 Å². The summed E-state index contributed by atoms with van der Waals surface area (Å²) in [5.41, 5.74) is 5.90. The molecular formula is C12H16MdN2OS-2. The number of nitrogens with one attached hydrogen (secondary N) is 1. The number of carbonyl (C=O) groups is 1. The molecule has 101 valence electrons. The van der Waals surface area contributed by atoms with E-state index in [2.05, 4.69) is 6.07 Å². The first-order valence-corrected chi connectivity index (χ1v) is 5.65. The van der Waals surface area contributed by atoms with Crippen molar-refractivity contribution < 1.29 is 4.79 Å². The van der Waals surface area contributed by atoms with Gasteiger partial charge >= 0.3 is 0 Å². The molecule has 0 aliphatic carbocycles. The van der Waals surface area contributed by atoms with Crippen LogP contribution in [0, 0.1) is 18.9 Å². The molecule has 0 bridgehead atoms. The minimum Gasteiger partial charge on any atom is -0.379 e. The van der Waals surface area contributed by atoms with Crippen molar-refractivity contribution in [3.63, 3.8) is 0 Å². The van der Waals surface area contributed by atoms with Crippen molar-refractivity contribution in [2.45, 2.75) is 12.8 Å². The topological polar surface area (TPSA) is 66.9 Å². The van der Waals surface area contributed by atoms with E-state index in [4.69, 9.17) is 11.1 Å². The van der Waals surface area contributed by atoms with E-state index in [1.165, 1.54) is 11.8 Å². The smallest absolute Gasteiger partial charge is 0.151 e. The minimum absolute atomic E-state index is 0. The van der Waals surface area contributed by atoms with Gasteiger partial charge in [-0.15, -0.1) is 0 Å². The molecule has 1 aromatic rings. The molecule has 0 aromatic heterocycles. The van der Waals surface area contributed by atoms with E-state index in [0.717, 1.165) is 17.7 Å². The van der Waals surface area contributed by atoms with Crippen LogP contribution in [0.5, 0.6) is 0 Å². The number of nitrogens with two attached hydrogens (primary N) is 1. The van der Waals surface area contributed by atoms with Gasteiger partial charge in [0.25, 0.3) is 0 Å². The number of hydrogen-bond donors (Lipinski definition) is 2. The molecule has 3 N–H and O–H groups in total. The maximum Gasteiger partial charge on any atom is 0.151 e. The second-order valence-electron chi connectivity index (χ2n) is 3.03. The molecule has 0 heterocycles. The fraction of sp³-hybridized carbons (Fsp3) is 0.250. The van der Waals surface area contributed by atoms with Gasteiger partial charge < -0.3 is 13.2 Å². The number of hydrogen-bond acceptors (Lipinski definition) is 3. The molecule has 1 radical (unpaired) electrons. The summed E-state index contributed by atoms with van der Waals surface area (Å²) in [4.78, 5) is 11.6. The maximum atomic E-state index is 11.6. The molecule has 0 spiro atoms. The second-order valence-corrected chi connectivity index (χ2v) is 4.16. The third-order valence-corrected chi connectivity index (χ3v) is 2.65. The van der Waals surface area contributed by atoms with Crippen LogP contribution in [0.25, 0.3) is 0 Å². The van der Waals surface area contributed by atoms with Gasteiger partial charge in [-0.1, -0.05) is 17.3 Å². The second kappa shape index (κ2) is 8.97. The van der Waals surface area contributed by atoms with Crippen molar-refractivity contribution in [2.75, 3.05) is 5.75 Å². The Hall–Kier alpha value is -2.29. The normalized spacial score (nSPS) is 8.71. The van der Waals surface area contributed by atoms with Gasteiger partial charge in [0, 0.05) is 12.2 Å². The summed E-state index contributed by atoms with van der Waals surface area (Å²) in [6.07, 6.45) is 1.26. The zero-order valence-corrected chi connectivity index (χ0v) is 12.7. The van der Waals surface area contributed by atoms with Gasteiger partial charge in [-0.3, -0.25) is 10.2 Å². The monoisotopic (exact) mass is 494 g/mol. The molecule has 0 saturated carbocycles. The van der Waals surface area contributed by atoms with Crippen molar-refractivity contribution in [3.8, 4) is 0 Å². The van der Waals surface area contributed by atoms with Crippen LogP contribution in [0.3, 0.4) is 0 Å². The molecule has 5 heteroatoms. The summed E-state index contributed by atoms with van der Waals surface area (Å²) in [6.45, 7) is 0. The minimum atomic E-state index is 0. The Morgan fingerprint density at radius 1 is 1.41 bits per heavy atom. The molecule has 3 nitrogen and oxygen atoms in total. The molecule has 0 saturated heterocycles. The van der Waals surface area contributed by atoms with Gasteiger partial charge in [0.05, 0.1) is 0 Å². The van der Waals surface area contributed by atoms with Crippen LogP contribution in [-0.2, 0) is 0 Å². The van der Waals surface area contributed by atoms with Crippen molar-refractivity contribution in [3.05, 3.63) is 43.3 Å². The average Bonchev–Trinajstić information content (AvgIpc) is 2.25. The fourth-order valence-electron chi connectivity index (χ4n) is 1.13. The van der Waals surface area contributed by atoms with E-state index < -0.39 is 0 Å². The van der Waals surface area contributed by atoms with Gasteiger partial charge in [0.1, 0.15) is 5.78 Å². The average molecular weight is 494 g/mol. The van der Waals surface area contributed by atoms with Crippen LogP contribution < -0.4 is 5.73 Å². The van der Waals surface area contributed by atoms with Crippen LogP contribution in [0.15, 0.2) is 24.3 Å². The fourth-order valence-corrected chi connectivity index (χ4v) is 1.64. The molecule has 0 amide bonds. The Labute approximate surface area is 101 Å². The molecule has 0 aliphatic heterocycles. The van der Waals surface area contributed by atoms with Crippen molar-refractivity contribution in [1.29, 1.82) is 5.41 Å². The molecule has 17 heavy (non-hydrogen) atoms. The standard InChI is InChI=1S/C11H13N2OS.CH3.Md/c12-11(13)15-8-4-7-10(14)9-5-2-1-3-6-9;;/h2-3,5-6H,4,7-8H2,(H3,12,13);1H3;/q2*-1;. The number of carbonyl (C=O) groups excluding carboxylic acids is 1. The van der Waals surface area contributed by atoms with Gasteiger partial charge in [-0.25, -0.2) is 0 Å². The molecule has 1 rings (SSSR count). The SMILES string of the molecule is N=C(N)SCCCC(=O)c1cc[c-]cc1.[CH3-].[Md]. The van der Waals surface area contributed by atoms with E-state index in [9.17, 15) is 4.79 Å². The largest absolute Gasteiger partial charge is 0.379 e. The van der Waals surface area contributed by atoms with Crippen molar-refractivity contribution >= 4 is 22.7 Å². The van der Waals surface area contributed by atoms with Gasteiger partial charge in [0.15, 0.2) is 5.17 Å². The third-order valence-electron chi connectivity index (χ3n) is 1.85. The first kappa shape index (κ1) is 17.1. The first-order valence-electron chi connectivity index (χ1n) is 4.66. The molecule has 0 fully saturated rings. The molecule has 0 aliphatic rings. The van der Waals surface area contributed by atoms with Gasteiger partial charge in [-0.2, -0.15) is 30.3 Å². The molecule has 1 aromatic carbocycles. The summed E-state index contributed by atoms with van der Waals surface area (Å²) >= 11 is 1.27. The summed E-state index contributed by atoms with van der Waals surface area (Å²) in [5, 5.41) is 7.10. The van der Waals surface area contributed by atoms with Crippen LogP contribution in [0.4, 0.5) is 0 Å². The molecule has 0 unspecified atom stereocenters. The number of rotatable bonds is 5. The van der Waals surface area contributed by atoms with Gasteiger partial charge in [0.2, 0.25) is 0 Å². The predicted molar refractivity (Wildman–Crippen MR) is 69.6 cm³/mol. The maximum absolute atomic E-state index is 11.6. The molecular weight excluding hydrogens is 478 g/mol. The Morgan fingerprint density at radius 2 is 2.00 bits per heavy atom. The van der Waals surface area contributed by atoms with Gasteiger partial charge in [-0.05, 0) is 6.42 Å². The first-order chi connectivity index (χ1) is 7.20.